The number of methoxy groups -OCH3 is 1. The Hall–Kier alpha value is -2.57. The lowest BCUT2D eigenvalue weighted by Crippen LogP contribution is -2.14. The van der Waals surface area contributed by atoms with Crippen molar-refractivity contribution in [3.8, 4) is 0 Å². The van der Waals surface area contributed by atoms with Crippen molar-refractivity contribution in [3.05, 3.63) is 52.5 Å². The van der Waals surface area contributed by atoms with Gasteiger partial charge in [-0.15, -0.1) is 0 Å². The van der Waals surface area contributed by atoms with Gasteiger partial charge in [-0.3, -0.25) is 0 Å². The molecular weight excluding hydrogens is 280 g/mol. The Kier molecular flexibility index (Phi) is 4.11. The van der Waals surface area contributed by atoms with Gasteiger partial charge in [0.15, 0.2) is 0 Å². The topological polar surface area (TPSA) is 78.1 Å². The normalized spacial score (nSPS) is 10.5. The molecule has 0 amide bonds. The van der Waals surface area contributed by atoms with E-state index in [9.17, 15) is 13.6 Å². The van der Waals surface area contributed by atoms with Crippen molar-refractivity contribution in [1.29, 1.82) is 0 Å². The number of aromatic nitrogens is 2. The number of aryl methyl sites for hydroxylation is 1. The summed E-state index contributed by atoms with van der Waals surface area (Å²) in [6, 6.07) is 3.25. The first-order valence-corrected chi connectivity index (χ1v) is 6.07. The Balaban J connectivity index is 2.36. The molecule has 0 saturated heterocycles. The van der Waals surface area contributed by atoms with E-state index in [0.29, 0.717) is 5.69 Å². The van der Waals surface area contributed by atoms with E-state index in [1.165, 1.54) is 13.2 Å². The quantitative estimate of drug-likeness (QED) is 0.876. The van der Waals surface area contributed by atoms with Crippen molar-refractivity contribution < 1.29 is 18.3 Å². The number of halogens is 2. The van der Waals surface area contributed by atoms with Crippen LogP contribution in [-0.2, 0) is 11.2 Å². The van der Waals surface area contributed by atoms with Gasteiger partial charge in [0.25, 0.3) is 0 Å². The van der Waals surface area contributed by atoms with E-state index in [4.69, 9.17) is 5.73 Å². The van der Waals surface area contributed by atoms with Gasteiger partial charge in [-0.25, -0.2) is 23.5 Å². The van der Waals surface area contributed by atoms with Gasteiger partial charge >= 0.3 is 5.97 Å². The second-order valence-corrected chi connectivity index (χ2v) is 4.39. The van der Waals surface area contributed by atoms with Crippen molar-refractivity contribution in [2.45, 2.75) is 13.3 Å². The zero-order chi connectivity index (χ0) is 15.6. The predicted molar refractivity (Wildman–Crippen MR) is 71.7 cm³/mol. The molecule has 0 aliphatic heterocycles. The zero-order valence-electron chi connectivity index (χ0n) is 11.5. The SMILES string of the molecule is COC(=O)c1c(C)nc(Cc2ccc(F)cc2F)nc1N. The van der Waals surface area contributed by atoms with Crippen molar-refractivity contribution in [1.82, 2.24) is 9.97 Å². The average molecular weight is 293 g/mol. The Labute approximate surface area is 119 Å². The fraction of sp³-hybridized carbons (Fsp3) is 0.214. The van der Waals surface area contributed by atoms with Gasteiger partial charge in [-0.1, -0.05) is 6.07 Å². The highest BCUT2D eigenvalue weighted by molar-refractivity contribution is 5.95. The number of anilines is 1. The third-order valence-corrected chi connectivity index (χ3v) is 2.92. The molecule has 2 rings (SSSR count). The number of hydrogen-bond acceptors (Lipinski definition) is 5. The molecular formula is C14H13F2N3O2. The second kappa shape index (κ2) is 5.82. The smallest absolute Gasteiger partial charge is 0.343 e. The molecule has 7 heteroatoms. The maximum absolute atomic E-state index is 13.6. The Morgan fingerprint density at radius 1 is 1.33 bits per heavy atom. The van der Waals surface area contributed by atoms with Crippen LogP contribution >= 0.6 is 0 Å². The maximum atomic E-state index is 13.6. The summed E-state index contributed by atoms with van der Waals surface area (Å²) >= 11 is 0. The van der Waals surface area contributed by atoms with E-state index in [0.717, 1.165) is 12.1 Å². The summed E-state index contributed by atoms with van der Waals surface area (Å²) in [7, 11) is 1.23. The van der Waals surface area contributed by atoms with Crippen LogP contribution in [0.25, 0.3) is 0 Å². The molecule has 0 fully saturated rings. The molecule has 0 radical (unpaired) electrons. The third-order valence-electron chi connectivity index (χ3n) is 2.92. The van der Waals surface area contributed by atoms with Crippen LogP contribution < -0.4 is 5.73 Å². The number of benzene rings is 1. The highest BCUT2D eigenvalue weighted by Crippen LogP contribution is 2.17. The third kappa shape index (κ3) is 3.13. The van der Waals surface area contributed by atoms with Crippen LogP contribution in [-0.4, -0.2) is 23.0 Å². The zero-order valence-corrected chi connectivity index (χ0v) is 11.5. The fourth-order valence-corrected chi connectivity index (χ4v) is 1.92. The summed E-state index contributed by atoms with van der Waals surface area (Å²) in [4.78, 5) is 19.6. The molecule has 0 unspecified atom stereocenters. The van der Waals surface area contributed by atoms with Crippen LogP contribution in [0.15, 0.2) is 18.2 Å². The minimum absolute atomic E-state index is 0.0353. The van der Waals surface area contributed by atoms with Crippen LogP contribution in [0.2, 0.25) is 0 Å². The molecule has 0 atom stereocenters. The maximum Gasteiger partial charge on any atom is 0.343 e. The largest absolute Gasteiger partial charge is 0.465 e. The molecule has 0 bridgehead atoms. The van der Waals surface area contributed by atoms with Crippen LogP contribution in [0, 0.1) is 18.6 Å². The summed E-state index contributed by atoms with van der Waals surface area (Å²) < 4.78 is 31.0. The van der Waals surface area contributed by atoms with Crippen LogP contribution in [0.4, 0.5) is 14.6 Å². The monoisotopic (exact) mass is 293 g/mol. The number of carbonyl (C=O) groups excluding carboxylic acids is 1. The summed E-state index contributed by atoms with van der Waals surface area (Å²) in [5, 5.41) is 0. The van der Waals surface area contributed by atoms with Crippen molar-refractivity contribution in [2.75, 3.05) is 12.8 Å². The molecule has 1 heterocycles. The molecule has 21 heavy (non-hydrogen) atoms. The van der Waals surface area contributed by atoms with Gasteiger partial charge in [0.05, 0.1) is 12.8 Å². The van der Waals surface area contributed by atoms with Crippen molar-refractivity contribution in [3.63, 3.8) is 0 Å². The number of rotatable bonds is 3. The molecule has 110 valence electrons. The standard InChI is InChI=1S/C14H13F2N3O2/c1-7-12(14(20)21-2)13(17)19-11(18-7)5-8-3-4-9(15)6-10(8)16/h3-4,6H,5H2,1-2H3,(H2,17,18,19). The van der Waals surface area contributed by atoms with Gasteiger partial charge in [-0.05, 0) is 18.6 Å². The molecule has 2 aromatic rings. The van der Waals surface area contributed by atoms with Crippen molar-refractivity contribution >= 4 is 11.8 Å². The van der Waals surface area contributed by atoms with Gasteiger partial charge in [0.2, 0.25) is 0 Å². The van der Waals surface area contributed by atoms with E-state index in [-0.39, 0.29) is 29.2 Å². The van der Waals surface area contributed by atoms with Crippen molar-refractivity contribution in [2.24, 2.45) is 0 Å². The number of nitrogens with zero attached hydrogens (tertiary/aromatic N) is 2. The first-order chi connectivity index (χ1) is 9.92. The molecule has 1 aromatic carbocycles. The number of carbonyl (C=O) groups is 1. The van der Waals surface area contributed by atoms with Gasteiger partial charge in [-0.2, -0.15) is 0 Å². The summed E-state index contributed by atoms with van der Waals surface area (Å²) in [5.74, 6) is -1.78. The van der Waals surface area contributed by atoms with Gasteiger partial charge < -0.3 is 10.5 Å². The number of esters is 1. The number of nitrogen functional groups attached to an aromatic ring is 1. The average Bonchev–Trinajstić information content (AvgIpc) is 2.41. The fourth-order valence-electron chi connectivity index (χ4n) is 1.92. The minimum Gasteiger partial charge on any atom is -0.465 e. The lowest BCUT2D eigenvalue weighted by Gasteiger charge is -2.09. The highest BCUT2D eigenvalue weighted by Gasteiger charge is 2.18. The summed E-state index contributed by atoms with van der Waals surface area (Å²) in [5.41, 5.74) is 6.37. The number of nitrogens with two attached hydrogens (primary N) is 1. The van der Waals surface area contributed by atoms with E-state index in [1.54, 1.807) is 6.92 Å². The Bertz CT molecular complexity index is 682. The molecule has 0 aliphatic carbocycles. The number of hydrogen-bond donors (Lipinski definition) is 1. The molecule has 0 spiro atoms. The predicted octanol–water partition coefficient (Wildman–Crippen LogP) is 2.02. The Morgan fingerprint density at radius 2 is 2.05 bits per heavy atom. The first-order valence-electron chi connectivity index (χ1n) is 6.07. The summed E-state index contributed by atoms with van der Waals surface area (Å²) in [6.45, 7) is 1.58. The Morgan fingerprint density at radius 3 is 2.62 bits per heavy atom. The second-order valence-electron chi connectivity index (χ2n) is 4.39. The van der Waals surface area contributed by atoms with E-state index >= 15 is 0 Å². The molecule has 1 aromatic heterocycles. The molecule has 0 saturated carbocycles. The lowest BCUT2D eigenvalue weighted by atomic mass is 10.1. The van der Waals surface area contributed by atoms with Crippen LogP contribution in [0.5, 0.6) is 0 Å². The first kappa shape index (κ1) is 14.8. The summed E-state index contributed by atoms with van der Waals surface area (Å²) in [6.07, 6.45) is 0.0403. The van der Waals surface area contributed by atoms with Gasteiger partial charge in [0.1, 0.15) is 28.8 Å². The van der Waals surface area contributed by atoms with E-state index in [1.807, 2.05) is 0 Å². The van der Waals surface area contributed by atoms with Gasteiger partial charge in [0, 0.05) is 12.5 Å². The minimum atomic E-state index is -0.688. The molecule has 0 aliphatic rings. The highest BCUT2D eigenvalue weighted by atomic mass is 19.1. The number of ether oxygens (including phenoxy) is 1. The van der Waals surface area contributed by atoms with Crippen LogP contribution in [0.3, 0.4) is 0 Å². The molecule has 2 N–H and O–H groups in total. The van der Waals surface area contributed by atoms with E-state index < -0.39 is 17.6 Å². The molecule has 5 nitrogen and oxygen atoms in total. The lowest BCUT2D eigenvalue weighted by molar-refractivity contribution is 0.0600. The van der Waals surface area contributed by atoms with Crippen LogP contribution in [0.1, 0.15) is 27.4 Å². The van der Waals surface area contributed by atoms with E-state index in [2.05, 4.69) is 14.7 Å².